The molecule has 0 aliphatic carbocycles. The normalized spacial score (nSPS) is 14.5. The van der Waals surface area contributed by atoms with Crippen LogP contribution in [0.15, 0.2) is 67.3 Å². The molecule has 1 aromatic carbocycles. The Morgan fingerprint density at radius 3 is 2.75 bits per heavy atom. The van der Waals surface area contributed by atoms with E-state index in [4.69, 9.17) is 0 Å². The number of amides is 1. The minimum absolute atomic E-state index is 0.0166. The van der Waals surface area contributed by atoms with Gasteiger partial charge in [-0.15, -0.1) is 0 Å². The average Bonchev–Trinajstić information content (AvgIpc) is 3.20. The minimum atomic E-state index is -0.0166. The monoisotopic (exact) mass is 373 g/mol. The third kappa shape index (κ3) is 4.35. The van der Waals surface area contributed by atoms with Gasteiger partial charge in [0.25, 0.3) is 0 Å². The van der Waals surface area contributed by atoms with Gasteiger partial charge in [-0.05, 0) is 43.2 Å². The summed E-state index contributed by atoms with van der Waals surface area (Å²) in [5, 5.41) is 7.38. The third-order valence-corrected chi connectivity index (χ3v) is 4.86. The number of nitrogens with one attached hydrogen (secondary N) is 1. The van der Waals surface area contributed by atoms with Gasteiger partial charge in [-0.1, -0.05) is 23.8 Å². The summed E-state index contributed by atoms with van der Waals surface area (Å²) < 4.78 is 1.91. The second-order valence-corrected chi connectivity index (χ2v) is 7.01. The molecule has 28 heavy (non-hydrogen) atoms. The Morgan fingerprint density at radius 2 is 2.04 bits per heavy atom. The van der Waals surface area contributed by atoms with Crippen molar-refractivity contribution in [3.8, 4) is 5.69 Å². The van der Waals surface area contributed by atoms with Crippen LogP contribution in [0.25, 0.3) is 11.3 Å². The summed E-state index contributed by atoms with van der Waals surface area (Å²) in [5.74, 6) is -0.0166. The summed E-state index contributed by atoms with van der Waals surface area (Å²) in [4.78, 5) is 18.4. The number of hydrogen-bond acceptors (Lipinski definition) is 4. The molecule has 0 atom stereocenters. The van der Waals surface area contributed by atoms with Crippen molar-refractivity contribution in [2.24, 2.45) is 0 Å². The zero-order chi connectivity index (χ0) is 19.3. The highest BCUT2D eigenvalue weighted by atomic mass is 16.2. The number of carbonyl (C=O) groups is 1. The van der Waals surface area contributed by atoms with Crippen LogP contribution in [0.3, 0.4) is 0 Å². The number of rotatable bonds is 5. The van der Waals surface area contributed by atoms with E-state index in [1.807, 2.05) is 23.0 Å². The van der Waals surface area contributed by atoms with E-state index in [9.17, 15) is 4.79 Å². The predicted octanol–water partition coefficient (Wildman–Crippen LogP) is 3.30. The summed E-state index contributed by atoms with van der Waals surface area (Å²) >= 11 is 0. The second kappa shape index (κ2) is 8.19. The lowest BCUT2D eigenvalue weighted by molar-refractivity contribution is -0.117. The van der Waals surface area contributed by atoms with Crippen LogP contribution in [0, 0.1) is 6.92 Å². The first-order valence-electron chi connectivity index (χ1n) is 9.41. The Bertz CT molecular complexity index is 976. The topological polar surface area (TPSA) is 63.1 Å². The lowest BCUT2D eigenvalue weighted by Crippen LogP contribution is -2.36. The zero-order valence-electron chi connectivity index (χ0n) is 15.9. The van der Waals surface area contributed by atoms with Gasteiger partial charge in [0.1, 0.15) is 0 Å². The maximum atomic E-state index is 12.2. The van der Waals surface area contributed by atoms with Gasteiger partial charge in [0.15, 0.2) is 0 Å². The fraction of sp³-hybridized carbons (Fsp3) is 0.227. The molecule has 142 valence electrons. The van der Waals surface area contributed by atoms with Crippen molar-refractivity contribution in [2.45, 2.75) is 13.3 Å². The van der Waals surface area contributed by atoms with E-state index >= 15 is 0 Å². The van der Waals surface area contributed by atoms with Crippen LogP contribution in [0.1, 0.15) is 17.5 Å². The highest BCUT2D eigenvalue weighted by molar-refractivity contribution is 5.92. The Morgan fingerprint density at radius 1 is 1.18 bits per heavy atom. The van der Waals surface area contributed by atoms with E-state index in [-0.39, 0.29) is 5.91 Å². The molecule has 0 bridgehead atoms. The van der Waals surface area contributed by atoms with Crippen molar-refractivity contribution >= 4 is 17.2 Å². The first kappa shape index (κ1) is 18.1. The Hall–Kier alpha value is -3.25. The quantitative estimate of drug-likeness (QED) is 0.745. The van der Waals surface area contributed by atoms with Crippen molar-refractivity contribution < 1.29 is 4.79 Å². The maximum Gasteiger partial charge on any atom is 0.238 e. The molecule has 1 aliphatic heterocycles. The SMILES string of the molecule is Cc1ccc(-n2cc(C3=CCN(CC(=O)Nc4cccnc4)CC3)cn2)cc1. The molecular formula is C22H23N5O. The first-order valence-corrected chi connectivity index (χ1v) is 9.41. The Labute approximate surface area is 164 Å². The Kier molecular flexibility index (Phi) is 5.30. The van der Waals surface area contributed by atoms with Gasteiger partial charge < -0.3 is 5.32 Å². The standard InChI is InChI=1S/C22H23N5O/c1-17-4-6-21(7-5-17)27-15-19(13-24-27)18-8-11-26(12-9-18)16-22(28)25-20-3-2-10-23-14-20/h2-8,10,13-15H,9,11-12,16H2,1H3,(H,25,28). The molecule has 6 nitrogen and oxygen atoms in total. The fourth-order valence-electron chi connectivity index (χ4n) is 3.28. The van der Waals surface area contributed by atoms with Crippen LogP contribution < -0.4 is 5.32 Å². The number of pyridine rings is 1. The number of anilines is 1. The average molecular weight is 373 g/mol. The summed E-state index contributed by atoms with van der Waals surface area (Å²) in [6.45, 7) is 4.06. The van der Waals surface area contributed by atoms with Crippen molar-refractivity contribution in [1.82, 2.24) is 19.7 Å². The molecule has 1 N–H and O–H groups in total. The van der Waals surface area contributed by atoms with E-state index in [1.54, 1.807) is 12.4 Å². The third-order valence-electron chi connectivity index (χ3n) is 4.86. The molecule has 0 radical (unpaired) electrons. The lowest BCUT2D eigenvalue weighted by Gasteiger charge is -2.25. The molecular weight excluding hydrogens is 350 g/mol. The van der Waals surface area contributed by atoms with E-state index < -0.39 is 0 Å². The fourth-order valence-corrected chi connectivity index (χ4v) is 3.28. The highest BCUT2D eigenvalue weighted by Crippen LogP contribution is 2.23. The molecule has 3 heterocycles. The predicted molar refractivity (Wildman–Crippen MR) is 110 cm³/mol. The smallest absolute Gasteiger partial charge is 0.238 e. The number of benzene rings is 1. The number of nitrogens with zero attached hydrogens (tertiary/aromatic N) is 4. The summed E-state index contributed by atoms with van der Waals surface area (Å²) in [7, 11) is 0. The van der Waals surface area contributed by atoms with Crippen LogP contribution in [-0.4, -0.2) is 45.2 Å². The summed E-state index contributed by atoms with van der Waals surface area (Å²) in [5.41, 5.74) is 5.44. The zero-order valence-corrected chi connectivity index (χ0v) is 15.9. The van der Waals surface area contributed by atoms with Gasteiger partial charge in [-0.25, -0.2) is 4.68 Å². The van der Waals surface area contributed by atoms with Crippen LogP contribution >= 0.6 is 0 Å². The van der Waals surface area contributed by atoms with E-state index in [0.29, 0.717) is 6.54 Å². The number of aryl methyl sites for hydroxylation is 1. The van der Waals surface area contributed by atoms with Crippen LogP contribution in [0.4, 0.5) is 5.69 Å². The first-order chi connectivity index (χ1) is 13.7. The molecule has 0 saturated heterocycles. The molecule has 0 saturated carbocycles. The van der Waals surface area contributed by atoms with E-state index in [0.717, 1.165) is 36.4 Å². The van der Waals surface area contributed by atoms with Crippen molar-refractivity contribution in [2.75, 3.05) is 25.0 Å². The molecule has 1 aliphatic rings. The van der Waals surface area contributed by atoms with Gasteiger partial charge in [0, 0.05) is 31.0 Å². The van der Waals surface area contributed by atoms with Crippen LogP contribution in [0.5, 0.6) is 0 Å². The molecule has 0 fully saturated rings. The minimum Gasteiger partial charge on any atom is -0.324 e. The summed E-state index contributed by atoms with van der Waals surface area (Å²) in [6, 6.07) is 12.0. The van der Waals surface area contributed by atoms with Gasteiger partial charge in [0.05, 0.1) is 30.3 Å². The van der Waals surface area contributed by atoms with Gasteiger partial charge in [-0.3, -0.25) is 14.7 Å². The maximum absolute atomic E-state index is 12.2. The highest BCUT2D eigenvalue weighted by Gasteiger charge is 2.17. The molecule has 1 amide bonds. The van der Waals surface area contributed by atoms with Crippen molar-refractivity contribution in [1.29, 1.82) is 0 Å². The van der Waals surface area contributed by atoms with Gasteiger partial charge in [-0.2, -0.15) is 5.10 Å². The molecule has 0 unspecified atom stereocenters. The second-order valence-electron chi connectivity index (χ2n) is 7.01. The molecule has 0 spiro atoms. The number of carbonyl (C=O) groups excluding carboxylic acids is 1. The summed E-state index contributed by atoms with van der Waals surface area (Å²) in [6.07, 6.45) is 10.4. The van der Waals surface area contributed by atoms with E-state index in [1.165, 1.54) is 11.1 Å². The molecule has 4 rings (SSSR count). The number of aromatic nitrogens is 3. The van der Waals surface area contributed by atoms with Crippen molar-refractivity contribution in [3.05, 3.63) is 78.4 Å². The van der Waals surface area contributed by atoms with Gasteiger partial charge >= 0.3 is 0 Å². The van der Waals surface area contributed by atoms with Crippen LogP contribution in [0.2, 0.25) is 0 Å². The van der Waals surface area contributed by atoms with Crippen LogP contribution in [-0.2, 0) is 4.79 Å². The largest absolute Gasteiger partial charge is 0.324 e. The van der Waals surface area contributed by atoms with Gasteiger partial charge in [0.2, 0.25) is 5.91 Å². The van der Waals surface area contributed by atoms with Crippen molar-refractivity contribution in [3.63, 3.8) is 0 Å². The number of hydrogen-bond donors (Lipinski definition) is 1. The molecule has 3 aromatic rings. The van der Waals surface area contributed by atoms with E-state index in [2.05, 4.69) is 63.8 Å². The molecule has 6 heteroatoms. The lowest BCUT2D eigenvalue weighted by atomic mass is 10.0. The molecule has 2 aromatic heterocycles. The Balaban J connectivity index is 1.35.